The third kappa shape index (κ3) is 3.86. The van der Waals surface area contributed by atoms with Crippen molar-refractivity contribution >= 4 is 15.7 Å². The highest BCUT2D eigenvalue weighted by Gasteiger charge is 2.35. The molecule has 5 nitrogen and oxygen atoms in total. The summed E-state index contributed by atoms with van der Waals surface area (Å²) >= 11 is 0. The number of carbonyl (C=O) groups is 1. The van der Waals surface area contributed by atoms with Crippen molar-refractivity contribution in [3.8, 4) is 6.07 Å². The number of rotatable bonds is 4. The van der Waals surface area contributed by atoms with Gasteiger partial charge in [0.25, 0.3) is 5.91 Å². The number of carbonyl (C=O) groups excluding carboxylic acids is 1. The Hall–Kier alpha value is -1.87. The molecule has 1 amide bonds. The van der Waals surface area contributed by atoms with Crippen LogP contribution in [-0.4, -0.2) is 43.3 Å². The highest BCUT2D eigenvalue weighted by Crippen LogP contribution is 2.21. The van der Waals surface area contributed by atoms with Gasteiger partial charge in [-0.15, -0.1) is 0 Å². The molecule has 2 rings (SSSR count). The molecule has 1 heterocycles. The van der Waals surface area contributed by atoms with E-state index in [1.54, 1.807) is 29.2 Å². The molecule has 0 radical (unpaired) electrons. The zero-order valence-corrected chi connectivity index (χ0v) is 13.6. The molecular weight excluding hydrogens is 300 g/mol. The van der Waals surface area contributed by atoms with Crippen molar-refractivity contribution in [2.24, 2.45) is 5.92 Å². The fraction of sp³-hybridized carbons (Fsp3) is 0.500. The second-order valence-electron chi connectivity index (χ2n) is 6.10. The van der Waals surface area contributed by atoms with Gasteiger partial charge in [-0.25, -0.2) is 8.42 Å². The van der Waals surface area contributed by atoms with Gasteiger partial charge in [0.15, 0.2) is 9.84 Å². The fourth-order valence-electron chi connectivity index (χ4n) is 2.70. The average molecular weight is 320 g/mol. The molecule has 1 aliphatic heterocycles. The lowest BCUT2D eigenvalue weighted by Crippen LogP contribution is -2.43. The molecule has 1 fully saturated rings. The van der Waals surface area contributed by atoms with Crippen molar-refractivity contribution in [2.45, 2.75) is 26.3 Å². The second-order valence-corrected chi connectivity index (χ2v) is 8.33. The molecule has 0 N–H and O–H groups in total. The number of hydrogen-bond acceptors (Lipinski definition) is 4. The van der Waals surface area contributed by atoms with Crippen LogP contribution < -0.4 is 0 Å². The summed E-state index contributed by atoms with van der Waals surface area (Å²) in [6.07, 6.45) is 0.485. The normalized spacial score (nSPS) is 19.8. The molecular formula is C16H20N2O3S. The van der Waals surface area contributed by atoms with Gasteiger partial charge in [0, 0.05) is 18.2 Å². The molecule has 0 bridgehead atoms. The Morgan fingerprint density at radius 2 is 2.18 bits per heavy atom. The summed E-state index contributed by atoms with van der Waals surface area (Å²) in [4.78, 5) is 14.4. The fourth-order valence-corrected chi connectivity index (χ4v) is 4.43. The average Bonchev–Trinajstić information content (AvgIpc) is 2.84. The van der Waals surface area contributed by atoms with E-state index in [4.69, 9.17) is 5.26 Å². The first-order chi connectivity index (χ1) is 10.3. The molecule has 0 saturated carbocycles. The molecule has 1 atom stereocenters. The summed E-state index contributed by atoms with van der Waals surface area (Å²) in [5.41, 5.74) is 0.860. The van der Waals surface area contributed by atoms with Crippen LogP contribution in [0.2, 0.25) is 0 Å². The Labute approximate surface area is 131 Å². The van der Waals surface area contributed by atoms with Gasteiger partial charge in [-0.3, -0.25) is 4.79 Å². The van der Waals surface area contributed by atoms with Gasteiger partial charge in [-0.05, 0) is 30.5 Å². The van der Waals surface area contributed by atoms with Gasteiger partial charge >= 0.3 is 0 Å². The minimum atomic E-state index is -3.05. The van der Waals surface area contributed by atoms with Crippen LogP contribution in [0.5, 0.6) is 0 Å². The maximum absolute atomic E-state index is 12.8. The molecule has 1 saturated heterocycles. The number of benzene rings is 1. The monoisotopic (exact) mass is 320 g/mol. The SMILES string of the molecule is CC(C)CN(C(=O)c1cccc(C#N)c1)C1CCS(=O)(=O)C1. The Morgan fingerprint density at radius 1 is 1.45 bits per heavy atom. The Morgan fingerprint density at radius 3 is 2.73 bits per heavy atom. The first-order valence-electron chi connectivity index (χ1n) is 7.34. The Bertz CT molecular complexity index is 704. The number of nitrogens with zero attached hydrogens (tertiary/aromatic N) is 2. The third-order valence-corrected chi connectivity index (χ3v) is 5.46. The van der Waals surface area contributed by atoms with E-state index in [1.807, 2.05) is 19.9 Å². The smallest absolute Gasteiger partial charge is 0.254 e. The van der Waals surface area contributed by atoms with E-state index in [0.29, 0.717) is 24.1 Å². The lowest BCUT2D eigenvalue weighted by molar-refractivity contribution is 0.0672. The third-order valence-electron chi connectivity index (χ3n) is 3.71. The van der Waals surface area contributed by atoms with Gasteiger partial charge in [-0.2, -0.15) is 5.26 Å². The van der Waals surface area contributed by atoms with E-state index in [9.17, 15) is 13.2 Å². The molecule has 22 heavy (non-hydrogen) atoms. The van der Waals surface area contributed by atoms with Crippen LogP contribution in [0.15, 0.2) is 24.3 Å². The van der Waals surface area contributed by atoms with E-state index >= 15 is 0 Å². The van der Waals surface area contributed by atoms with E-state index in [1.165, 1.54) is 0 Å². The highest BCUT2D eigenvalue weighted by molar-refractivity contribution is 7.91. The quantitative estimate of drug-likeness (QED) is 0.848. The lowest BCUT2D eigenvalue weighted by atomic mass is 10.1. The van der Waals surface area contributed by atoms with Crippen molar-refractivity contribution in [3.05, 3.63) is 35.4 Å². The van der Waals surface area contributed by atoms with Gasteiger partial charge in [0.1, 0.15) is 0 Å². The summed E-state index contributed by atoms with van der Waals surface area (Å²) in [6.45, 7) is 4.50. The summed E-state index contributed by atoms with van der Waals surface area (Å²) in [5, 5.41) is 8.95. The largest absolute Gasteiger partial charge is 0.334 e. The Kier molecular flexibility index (Phi) is 4.87. The van der Waals surface area contributed by atoms with E-state index < -0.39 is 9.84 Å². The predicted molar refractivity (Wildman–Crippen MR) is 84.1 cm³/mol. The standard InChI is InChI=1S/C16H20N2O3S/c1-12(2)10-18(15-6-7-22(20,21)11-15)16(19)14-5-3-4-13(8-14)9-17/h3-5,8,12,15H,6-7,10-11H2,1-2H3. The molecule has 0 aliphatic carbocycles. The highest BCUT2D eigenvalue weighted by atomic mass is 32.2. The zero-order chi connectivity index (χ0) is 16.3. The van der Waals surface area contributed by atoms with Crippen LogP contribution in [0.4, 0.5) is 0 Å². The van der Waals surface area contributed by atoms with Crippen molar-refractivity contribution in [3.63, 3.8) is 0 Å². The van der Waals surface area contributed by atoms with Crippen LogP contribution in [0.25, 0.3) is 0 Å². The number of amides is 1. The molecule has 1 aromatic carbocycles. The summed E-state index contributed by atoms with van der Waals surface area (Å²) in [7, 11) is -3.05. The van der Waals surface area contributed by atoms with Crippen molar-refractivity contribution in [1.82, 2.24) is 4.90 Å². The minimum absolute atomic E-state index is 0.0312. The molecule has 1 aromatic rings. The number of hydrogen-bond donors (Lipinski definition) is 0. The molecule has 0 spiro atoms. The minimum Gasteiger partial charge on any atom is -0.334 e. The van der Waals surface area contributed by atoms with Crippen LogP contribution in [0.3, 0.4) is 0 Å². The zero-order valence-electron chi connectivity index (χ0n) is 12.8. The van der Waals surface area contributed by atoms with Gasteiger partial charge in [0.05, 0.1) is 23.1 Å². The maximum Gasteiger partial charge on any atom is 0.254 e. The molecule has 1 aliphatic rings. The first kappa shape index (κ1) is 16.5. The van der Waals surface area contributed by atoms with Crippen LogP contribution in [-0.2, 0) is 9.84 Å². The van der Waals surface area contributed by atoms with Gasteiger partial charge in [-0.1, -0.05) is 19.9 Å². The van der Waals surface area contributed by atoms with Crippen molar-refractivity contribution < 1.29 is 13.2 Å². The first-order valence-corrected chi connectivity index (χ1v) is 9.16. The van der Waals surface area contributed by atoms with Crippen molar-refractivity contribution in [2.75, 3.05) is 18.1 Å². The van der Waals surface area contributed by atoms with Crippen LogP contribution >= 0.6 is 0 Å². The molecule has 0 aromatic heterocycles. The van der Waals surface area contributed by atoms with Crippen LogP contribution in [0.1, 0.15) is 36.2 Å². The number of sulfone groups is 1. The molecule has 1 unspecified atom stereocenters. The maximum atomic E-state index is 12.8. The summed E-state index contributed by atoms with van der Waals surface area (Å²) < 4.78 is 23.4. The van der Waals surface area contributed by atoms with E-state index in [-0.39, 0.29) is 29.4 Å². The van der Waals surface area contributed by atoms with Gasteiger partial charge in [0.2, 0.25) is 0 Å². The summed E-state index contributed by atoms with van der Waals surface area (Å²) in [6, 6.07) is 8.28. The molecule has 6 heteroatoms. The summed E-state index contributed by atoms with van der Waals surface area (Å²) in [5.74, 6) is 0.209. The lowest BCUT2D eigenvalue weighted by Gasteiger charge is -2.30. The van der Waals surface area contributed by atoms with Gasteiger partial charge < -0.3 is 4.90 Å². The Balaban J connectivity index is 2.29. The van der Waals surface area contributed by atoms with Crippen molar-refractivity contribution in [1.29, 1.82) is 5.26 Å². The van der Waals surface area contributed by atoms with E-state index in [0.717, 1.165) is 0 Å². The predicted octanol–water partition coefficient (Wildman–Crippen LogP) is 1.84. The molecule has 118 valence electrons. The van der Waals surface area contributed by atoms with E-state index in [2.05, 4.69) is 0 Å². The number of nitriles is 1. The van der Waals surface area contributed by atoms with Crippen LogP contribution in [0, 0.1) is 17.2 Å². The second kappa shape index (κ2) is 6.49. The topological polar surface area (TPSA) is 78.2 Å².